The Hall–Kier alpha value is -0.580. The smallest absolute Gasteiger partial charge is 0.209 e. The summed E-state index contributed by atoms with van der Waals surface area (Å²) in [5.74, 6) is 0. The summed E-state index contributed by atoms with van der Waals surface area (Å²) < 4.78 is 4.14. The monoisotopic (exact) mass is 178 g/mol. The predicted octanol–water partition coefficient (Wildman–Crippen LogP) is 0.203. The fourth-order valence-corrected chi connectivity index (χ4v) is 0.660. The zero-order valence-corrected chi connectivity index (χ0v) is 5.46. The fraction of sp³-hybridized carbons (Fsp3) is 0.333. The van der Waals surface area contributed by atoms with Crippen molar-refractivity contribution in [1.82, 2.24) is 5.16 Å². The first kappa shape index (κ1) is 5.55. The molecule has 1 aromatic heterocycles. The molecule has 1 rings (SSSR count). The lowest BCUT2D eigenvalue weighted by atomic mass is 10.6. The third-order valence-corrected chi connectivity index (χ3v) is 1.27. The number of hydrogen-bond acceptors (Lipinski definition) is 3. The van der Waals surface area contributed by atoms with Gasteiger partial charge in [-0.1, -0.05) is 15.9 Å². The van der Waals surface area contributed by atoms with E-state index in [1.807, 2.05) is 0 Å². The average molecular weight is 179 g/mol. The van der Waals surface area contributed by atoms with Crippen LogP contribution in [0.25, 0.3) is 0 Å². The van der Waals surface area contributed by atoms with Gasteiger partial charge in [-0.15, -0.1) is 0 Å². The molecule has 8 heavy (non-hydrogen) atoms. The summed E-state index contributed by atoms with van der Waals surface area (Å²) in [6.07, 6.45) is 1.36. The highest BCUT2D eigenvalue weighted by Crippen LogP contribution is 1.94. The first-order chi connectivity index (χ1) is 3.84. The third kappa shape index (κ3) is 0.812. The number of rotatable bonds is 1. The molecule has 0 saturated carbocycles. The molecule has 0 aliphatic carbocycles. The number of aromatic nitrogens is 2. The number of nitrogens with zero attached hydrogens (tertiary/aromatic N) is 2. The summed E-state index contributed by atoms with van der Waals surface area (Å²) >= 11 is 3.07. The molecule has 4 nitrogen and oxygen atoms in total. The molecule has 0 aliphatic rings. The highest BCUT2D eigenvalue weighted by atomic mass is 79.9. The van der Waals surface area contributed by atoms with Crippen molar-refractivity contribution in [3.05, 3.63) is 17.1 Å². The van der Waals surface area contributed by atoms with Crippen LogP contribution >= 0.6 is 15.9 Å². The van der Waals surface area contributed by atoms with Crippen molar-refractivity contribution >= 4 is 15.9 Å². The maximum absolute atomic E-state index is 10.3. The second-order valence-electron chi connectivity index (χ2n) is 1.20. The highest BCUT2D eigenvalue weighted by Gasteiger charge is 2.01. The first-order valence-corrected chi connectivity index (χ1v) is 3.06. The van der Waals surface area contributed by atoms with Crippen LogP contribution in [-0.2, 0) is 5.33 Å². The molecule has 0 unspecified atom stereocenters. The van der Waals surface area contributed by atoms with Crippen LogP contribution in [0.3, 0.4) is 0 Å². The van der Waals surface area contributed by atoms with Crippen molar-refractivity contribution in [2.75, 3.05) is 0 Å². The van der Waals surface area contributed by atoms with Crippen LogP contribution in [0.2, 0.25) is 0 Å². The van der Waals surface area contributed by atoms with E-state index in [2.05, 4.69) is 25.7 Å². The lowest BCUT2D eigenvalue weighted by Gasteiger charge is -1.84. The van der Waals surface area contributed by atoms with Gasteiger partial charge in [-0.3, -0.25) is 4.63 Å². The zero-order valence-electron chi connectivity index (χ0n) is 3.87. The largest absolute Gasteiger partial charge is 0.359 e. The highest BCUT2D eigenvalue weighted by molar-refractivity contribution is 9.08. The van der Waals surface area contributed by atoms with Crippen LogP contribution in [0.1, 0.15) is 5.69 Å². The van der Waals surface area contributed by atoms with Crippen LogP contribution in [0.15, 0.2) is 10.8 Å². The molecule has 0 radical (unpaired) electrons. The molecule has 1 aromatic rings. The van der Waals surface area contributed by atoms with Gasteiger partial charge < -0.3 is 5.21 Å². The predicted molar refractivity (Wildman–Crippen MR) is 28.1 cm³/mol. The summed E-state index contributed by atoms with van der Waals surface area (Å²) in [5, 5.41) is 14.0. The average Bonchev–Trinajstić information content (AvgIpc) is 2.14. The second-order valence-corrected chi connectivity index (χ2v) is 1.76. The minimum atomic E-state index is 0.356. The topological polar surface area (TPSA) is 53.0 Å². The van der Waals surface area contributed by atoms with Gasteiger partial charge in [0.2, 0.25) is 11.9 Å². The Morgan fingerprint density at radius 3 is 3.00 bits per heavy atom. The van der Waals surface area contributed by atoms with E-state index in [0.717, 1.165) is 0 Å². The van der Waals surface area contributed by atoms with Crippen molar-refractivity contribution in [2.24, 2.45) is 0 Å². The Balaban J connectivity index is 2.92. The van der Waals surface area contributed by atoms with Gasteiger partial charge >= 0.3 is 0 Å². The van der Waals surface area contributed by atoms with Crippen molar-refractivity contribution in [3.8, 4) is 0 Å². The molecule has 0 aromatic carbocycles. The Kier molecular flexibility index (Phi) is 1.48. The van der Waals surface area contributed by atoms with E-state index in [1.54, 1.807) is 0 Å². The van der Waals surface area contributed by atoms with Gasteiger partial charge in [0.05, 0.1) is 5.33 Å². The van der Waals surface area contributed by atoms with Crippen LogP contribution < -0.4 is 4.90 Å². The number of halogens is 1. The zero-order chi connectivity index (χ0) is 5.98. The quantitative estimate of drug-likeness (QED) is 0.457. The van der Waals surface area contributed by atoms with Crippen molar-refractivity contribution in [1.29, 1.82) is 0 Å². The standard InChI is InChI=1S/C3H3BrN2O2/c4-1-3-2-5-8-6(3)7/h2H,1H2. The lowest BCUT2D eigenvalue weighted by Crippen LogP contribution is -2.26. The fourth-order valence-electron chi connectivity index (χ4n) is 0.310. The molecule has 1 heterocycles. The van der Waals surface area contributed by atoms with E-state index in [9.17, 15) is 5.21 Å². The van der Waals surface area contributed by atoms with E-state index in [0.29, 0.717) is 15.9 Å². The molecule has 44 valence electrons. The number of hydrogen-bond donors (Lipinski definition) is 0. The van der Waals surface area contributed by atoms with Gasteiger partial charge in [0.25, 0.3) is 0 Å². The summed E-state index contributed by atoms with van der Waals surface area (Å²) in [6.45, 7) is 0. The van der Waals surface area contributed by atoms with Gasteiger partial charge in [0.1, 0.15) is 0 Å². The van der Waals surface area contributed by atoms with E-state index in [1.165, 1.54) is 6.20 Å². The van der Waals surface area contributed by atoms with E-state index >= 15 is 0 Å². The van der Waals surface area contributed by atoms with E-state index in [4.69, 9.17) is 0 Å². The van der Waals surface area contributed by atoms with Gasteiger partial charge in [0, 0.05) is 5.16 Å². The van der Waals surface area contributed by atoms with Gasteiger partial charge in [0.15, 0.2) is 0 Å². The summed E-state index contributed by atoms with van der Waals surface area (Å²) in [5.41, 5.74) is 0.477. The molecule has 0 N–H and O–H groups in total. The van der Waals surface area contributed by atoms with Crippen molar-refractivity contribution < 1.29 is 9.53 Å². The second kappa shape index (κ2) is 2.13. The third-order valence-electron chi connectivity index (χ3n) is 0.694. The molecule has 0 atom stereocenters. The normalized spacial score (nSPS) is 9.62. The van der Waals surface area contributed by atoms with Crippen LogP contribution in [-0.4, -0.2) is 5.16 Å². The van der Waals surface area contributed by atoms with Crippen molar-refractivity contribution in [3.63, 3.8) is 0 Å². The van der Waals surface area contributed by atoms with E-state index in [-0.39, 0.29) is 0 Å². The van der Waals surface area contributed by atoms with Gasteiger partial charge in [-0.05, 0) is 4.90 Å². The summed E-state index contributed by atoms with van der Waals surface area (Å²) in [6, 6.07) is 0. The summed E-state index contributed by atoms with van der Waals surface area (Å²) in [4.78, 5) is 0.356. The Morgan fingerprint density at radius 2 is 2.75 bits per heavy atom. The number of alkyl halides is 1. The van der Waals surface area contributed by atoms with Crippen LogP contribution in [0.5, 0.6) is 0 Å². The van der Waals surface area contributed by atoms with Crippen LogP contribution in [0, 0.1) is 5.21 Å². The molecule has 5 heteroatoms. The SMILES string of the molecule is [O-][n+]1oncc1CBr. The molecule has 0 spiro atoms. The molecule has 0 fully saturated rings. The van der Waals surface area contributed by atoms with Gasteiger partial charge in [-0.2, -0.15) is 0 Å². The molecule has 0 bridgehead atoms. The Morgan fingerprint density at radius 1 is 2.00 bits per heavy atom. The van der Waals surface area contributed by atoms with Crippen LogP contribution in [0.4, 0.5) is 0 Å². The molecule has 0 amide bonds. The molecular formula is C3H3BrN2O2. The molecule has 0 saturated heterocycles. The maximum atomic E-state index is 10.3. The van der Waals surface area contributed by atoms with Gasteiger partial charge in [-0.25, -0.2) is 0 Å². The lowest BCUT2D eigenvalue weighted by molar-refractivity contribution is -0.807. The maximum Gasteiger partial charge on any atom is 0.209 e. The molecule has 0 aliphatic heterocycles. The van der Waals surface area contributed by atoms with Crippen molar-refractivity contribution in [2.45, 2.75) is 5.33 Å². The Labute approximate surface area is 53.8 Å². The minimum absolute atomic E-state index is 0.356. The Bertz CT molecular complexity index is 176. The van der Waals surface area contributed by atoms with E-state index < -0.39 is 0 Å². The molecular weight excluding hydrogens is 176 g/mol. The minimum Gasteiger partial charge on any atom is -0.359 e. The first-order valence-electron chi connectivity index (χ1n) is 1.94. The summed E-state index contributed by atoms with van der Waals surface area (Å²) in [7, 11) is 0.